The number of nitrogen functional groups attached to an aromatic ring is 1. The van der Waals surface area contributed by atoms with Gasteiger partial charge in [-0.1, -0.05) is 13.8 Å². The molecule has 0 amide bonds. The zero-order valence-electron chi connectivity index (χ0n) is 16.6. The van der Waals surface area contributed by atoms with Crippen molar-refractivity contribution in [1.29, 1.82) is 0 Å². The molecule has 2 aromatic rings. The molecule has 1 aromatic heterocycles. The normalized spacial score (nSPS) is 11.3. The smallest absolute Gasteiger partial charge is 0.224 e. The van der Waals surface area contributed by atoms with Gasteiger partial charge in [0.2, 0.25) is 5.95 Å². The number of halogens is 1. The van der Waals surface area contributed by atoms with E-state index in [1.165, 1.54) is 5.56 Å². The minimum Gasteiger partial charge on any atom is -0.496 e. The van der Waals surface area contributed by atoms with E-state index in [0.29, 0.717) is 36.9 Å². The van der Waals surface area contributed by atoms with E-state index in [-0.39, 0.29) is 19.3 Å². The second kappa shape index (κ2) is 10.6. The summed E-state index contributed by atoms with van der Waals surface area (Å²) in [6.07, 6.45) is 3.34. The Balaban J connectivity index is 2.24. The molecule has 1 heterocycles. The van der Waals surface area contributed by atoms with E-state index < -0.39 is 0 Å². The van der Waals surface area contributed by atoms with Gasteiger partial charge in [-0.2, -0.15) is 4.98 Å². The highest BCUT2D eigenvalue weighted by atomic mass is 79.9. The summed E-state index contributed by atoms with van der Waals surface area (Å²) in [6.45, 7) is 4.33. The van der Waals surface area contributed by atoms with E-state index in [1.807, 2.05) is 6.07 Å². The van der Waals surface area contributed by atoms with Gasteiger partial charge in [-0.05, 0) is 57.9 Å². The Labute approximate surface area is 174 Å². The Morgan fingerprint density at radius 3 is 2.39 bits per heavy atom. The Kier molecular flexibility index (Phi) is 8.47. The molecule has 0 saturated carbocycles. The first-order chi connectivity index (χ1) is 13.4. The summed E-state index contributed by atoms with van der Waals surface area (Å²) in [5, 5.41) is 21.4. The van der Waals surface area contributed by atoms with E-state index in [2.05, 4.69) is 51.1 Å². The molecule has 5 N–H and O–H groups in total. The summed E-state index contributed by atoms with van der Waals surface area (Å²) in [5.41, 5.74) is 9.35. The van der Waals surface area contributed by atoms with Crippen LogP contribution in [0.15, 0.2) is 22.8 Å². The molecule has 0 spiro atoms. The lowest BCUT2D eigenvalue weighted by atomic mass is 9.93. The molecular weight excluding hydrogens is 424 g/mol. The van der Waals surface area contributed by atoms with Gasteiger partial charge in [0.05, 0.1) is 11.6 Å². The Hall–Kier alpha value is -1.90. The number of nitrogens with two attached hydrogens (primary N) is 1. The molecule has 0 aliphatic heterocycles. The lowest BCUT2D eigenvalue weighted by molar-refractivity contribution is 0.247. The van der Waals surface area contributed by atoms with Crippen molar-refractivity contribution in [2.45, 2.75) is 45.1 Å². The standard InChI is InChI=1S/C20H29BrN4O3/c1-12(2)16-10-18(28-3)17(21)9-13(16)8-14-11-23-20(25-19(14)22)24-15(4-6-26)5-7-27/h9-12,15,26-27H,4-8H2,1-3H3,(H3,22,23,24,25). The Bertz CT molecular complexity index is 780. The second-order valence-electron chi connectivity index (χ2n) is 6.99. The third-order valence-corrected chi connectivity index (χ3v) is 5.22. The van der Waals surface area contributed by atoms with Crippen LogP contribution in [0.5, 0.6) is 5.75 Å². The largest absolute Gasteiger partial charge is 0.496 e. The van der Waals surface area contributed by atoms with Crippen molar-refractivity contribution in [1.82, 2.24) is 9.97 Å². The number of nitrogens with zero attached hydrogens (tertiary/aromatic N) is 2. The summed E-state index contributed by atoms with van der Waals surface area (Å²) in [5.74, 6) is 1.94. The van der Waals surface area contributed by atoms with Gasteiger partial charge in [-0.3, -0.25) is 0 Å². The van der Waals surface area contributed by atoms with E-state index in [4.69, 9.17) is 20.7 Å². The molecule has 0 bridgehead atoms. The SMILES string of the molecule is COc1cc(C(C)C)c(Cc2cnc(NC(CCO)CCO)nc2N)cc1Br. The molecule has 154 valence electrons. The summed E-state index contributed by atoms with van der Waals surface area (Å²) in [6, 6.07) is 3.99. The lowest BCUT2D eigenvalue weighted by Crippen LogP contribution is -2.24. The Morgan fingerprint density at radius 1 is 1.18 bits per heavy atom. The quantitative estimate of drug-likeness (QED) is 0.437. The molecule has 0 aliphatic rings. The van der Waals surface area contributed by atoms with Crippen molar-refractivity contribution >= 4 is 27.7 Å². The number of aliphatic hydroxyl groups is 2. The third kappa shape index (κ3) is 5.80. The van der Waals surface area contributed by atoms with Crippen molar-refractivity contribution in [3.63, 3.8) is 0 Å². The van der Waals surface area contributed by atoms with Gasteiger partial charge in [0.25, 0.3) is 0 Å². The van der Waals surface area contributed by atoms with Crippen LogP contribution >= 0.6 is 15.9 Å². The van der Waals surface area contributed by atoms with Gasteiger partial charge in [0, 0.05) is 37.4 Å². The molecule has 0 unspecified atom stereocenters. The fraction of sp³-hybridized carbons (Fsp3) is 0.500. The molecule has 0 aliphatic carbocycles. The van der Waals surface area contributed by atoms with Crippen LogP contribution in [-0.4, -0.2) is 46.5 Å². The lowest BCUT2D eigenvalue weighted by Gasteiger charge is -2.18. The Morgan fingerprint density at radius 2 is 1.86 bits per heavy atom. The van der Waals surface area contributed by atoms with Crippen LogP contribution in [0, 0.1) is 0 Å². The first kappa shape index (κ1) is 22.4. The highest BCUT2D eigenvalue weighted by Crippen LogP contribution is 2.33. The molecule has 2 rings (SSSR count). The first-order valence-electron chi connectivity index (χ1n) is 9.35. The average Bonchev–Trinajstić information content (AvgIpc) is 2.64. The molecule has 0 radical (unpaired) electrons. The van der Waals surface area contributed by atoms with Gasteiger partial charge < -0.3 is 26.0 Å². The predicted octanol–water partition coefficient (Wildman–Crippen LogP) is 3.09. The van der Waals surface area contributed by atoms with Crippen molar-refractivity contribution in [3.05, 3.63) is 39.5 Å². The minimum absolute atomic E-state index is 0.0234. The number of benzene rings is 1. The third-order valence-electron chi connectivity index (χ3n) is 4.60. The molecule has 0 fully saturated rings. The number of aliphatic hydroxyl groups excluding tert-OH is 2. The van der Waals surface area contributed by atoms with Crippen LogP contribution in [0.4, 0.5) is 11.8 Å². The van der Waals surface area contributed by atoms with E-state index in [0.717, 1.165) is 21.3 Å². The van der Waals surface area contributed by atoms with Crippen LogP contribution in [0.2, 0.25) is 0 Å². The van der Waals surface area contributed by atoms with Gasteiger partial charge in [-0.15, -0.1) is 0 Å². The van der Waals surface area contributed by atoms with Crippen LogP contribution in [-0.2, 0) is 6.42 Å². The van der Waals surface area contributed by atoms with Crippen molar-refractivity contribution < 1.29 is 14.9 Å². The molecule has 1 aromatic carbocycles. The van der Waals surface area contributed by atoms with Crippen LogP contribution in [0.1, 0.15) is 49.3 Å². The topological polar surface area (TPSA) is 114 Å². The fourth-order valence-corrected chi connectivity index (χ4v) is 3.62. The van der Waals surface area contributed by atoms with Gasteiger partial charge in [0.1, 0.15) is 11.6 Å². The fourth-order valence-electron chi connectivity index (χ4n) is 3.07. The van der Waals surface area contributed by atoms with E-state index in [1.54, 1.807) is 13.3 Å². The molecule has 28 heavy (non-hydrogen) atoms. The highest BCUT2D eigenvalue weighted by Gasteiger charge is 2.15. The summed E-state index contributed by atoms with van der Waals surface area (Å²) in [7, 11) is 1.66. The van der Waals surface area contributed by atoms with Crippen molar-refractivity contribution in [3.8, 4) is 5.75 Å². The van der Waals surface area contributed by atoms with E-state index in [9.17, 15) is 0 Å². The summed E-state index contributed by atoms with van der Waals surface area (Å²) in [4.78, 5) is 8.73. The summed E-state index contributed by atoms with van der Waals surface area (Å²) >= 11 is 3.55. The first-order valence-corrected chi connectivity index (χ1v) is 10.1. The van der Waals surface area contributed by atoms with Crippen molar-refractivity contribution in [2.75, 3.05) is 31.4 Å². The van der Waals surface area contributed by atoms with E-state index >= 15 is 0 Å². The van der Waals surface area contributed by atoms with Gasteiger partial charge in [-0.25, -0.2) is 4.98 Å². The number of ether oxygens (including phenoxy) is 1. The number of aromatic nitrogens is 2. The van der Waals surface area contributed by atoms with Crippen LogP contribution < -0.4 is 15.8 Å². The monoisotopic (exact) mass is 452 g/mol. The second-order valence-corrected chi connectivity index (χ2v) is 7.84. The molecule has 0 atom stereocenters. The maximum Gasteiger partial charge on any atom is 0.224 e. The molecule has 0 saturated heterocycles. The summed E-state index contributed by atoms with van der Waals surface area (Å²) < 4.78 is 6.31. The number of methoxy groups -OCH3 is 1. The number of nitrogens with one attached hydrogen (secondary N) is 1. The predicted molar refractivity (Wildman–Crippen MR) is 115 cm³/mol. The highest BCUT2D eigenvalue weighted by molar-refractivity contribution is 9.10. The molecular formula is C20H29BrN4O3. The maximum absolute atomic E-state index is 9.13. The minimum atomic E-state index is -0.106. The molecule has 8 heteroatoms. The number of hydrogen-bond acceptors (Lipinski definition) is 7. The van der Waals surface area contributed by atoms with Crippen LogP contribution in [0.3, 0.4) is 0 Å². The van der Waals surface area contributed by atoms with Gasteiger partial charge in [0.15, 0.2) is 0 Å². The van der Waals surface area contributed by atoms with Gasteiger partial charge >= 0.3 is 0 Å². The average molecular weight is 453 g/mol. The zero-order valence-corrected chi connectivity index (χ0v) is 18.2. The molecule has 7 nitrogen and oxygen atoms in total. The number of anilines is 2. The van der Waals surface area contributed by atoms with Crippen molar-refractivity contribution in [2.24, 2.45) is 0 Å². The maximum atomic E-state index is 9.13. The zero-order chi connectivity index (χ0) is 20.7. The number of hydrogen-bond donors (Lipinski definition) is 4. The van der Waals surface area contributed by atoms with Crippen LogP contribution in [0.25, 0.3) is 0 Å². The number of rotatable bonds is 10.